The van der Waals surface area contributed by atoms with E-state index in [1.807, 2.05) is 0 Å². The summed E-state index contributed by atoms with van der Waals surface area (Å²) < 4.78 is 62.0. The summed E-state index contributed by atoms with van der Waals surface area (Å²) in [5.74, 6) is -2.18. The average Bonchev–Trinajstić information content (AvgIpc) is 2.17. The summed E-state index contributed by atoms with van der Waals surface area (Å²) >= 11 is 0. The van der Waals surface area contributed by atoms with Crippen LogP contribution in [0.3, 0.4) is 0 Å². The maximum absolute atomic E-state index is 12.1. The van der Waals surface area contributed by atoms with Gasteiger partial charge in [0.25, 0.3) is 9.05 Å². The molecule has 1 rings (SSSR count). The molecule has 0 saturated heterocycles. The van der Waals surface area contributed by atoms with E-state index in [0.29, 0.717) is 6.20 Å². The molecule has 0 saturated carbocycles. The number of pyridine rings is 1. The second kappa shape index (κ2) is 4.51. The topological polar surface area (TPSA) is 106 Å². The van der Waals surface area contributed by atoms with Gasteiger partial charge in [0, 0.05) is 16.9 Å². The number of anilines is 1. The Kier molecular flexibility index (Phi) is 3.59. The van der Waals surface area contributed by atoms with E-state index in [2.05, 4.69) is 9.72 Å². The van der Waals surface area contributed by atoms with E-state index in [-0.39, 0.29) is 0 Å². The first-order valence-electron chi connectivity index (χ1n) is 3.95. The zero-order valence-corrected chi connectivity index (χ0v) is 9.77. The molecule has 0 aromatic carbocycles. The molecule has 0 unspecified atom stereocenters. The highest BCUT2D eigenvalue weighted by Crippen LogP contribution is 2.37. The number of hydrogen-bond acceptors (Lipinski definition) is 6. The highest BCUT2D eigenvalue weighted by atomic mass is 35.7. The van der Waals surface area contributed by atoms with Gasteiger partial charge in [0.2, 0.25) is 0 Å². The maximum atomic E-state index is 12.1. The molecule has 0 fully saturated rings. The van der Waals surface area contributed by atoms with Crippen molar-refractivity contribution < 1.29 is 26.3 Å². The second-order valence-electron chi connectivity index (χ2n) is 2.81. The number of nitrogens with zero attached hydrogens (tertiary/aromatic N) is 2. The number of nitriles is 1. The lowest BCUT2D eigenvalue weighted by Gasteiger charge is -2.13. The van der Waals surface area contributed by atoms with Crippen molar-refractivity contribution in [3.8, 4) is 11.8 Å². The van der Waals surface area contributed by atoms with Crippen LogP contribution in [0.4, 0.5) is 19.0 Å². The zero-order chi connectivity index (χ0) is 14.1. The van der Waals surface area contributed by atoms with Crippen LogP contribution in [0.2, 0.25) is 0 Å². The third-order valence-electron chi connectivity index (χ3n) is 1.60. The largest absolute Gasteiger partial charge is 0.573 e. The molecule has 11 heteroatoms. The van der Waals surface area contributed by atoms with Crippen LogP contribution < -0.4 is 10.5 Å². The summed E-state index contributed by atoms with van der Waals surface area (Å²) in [6.45, 7) is 0. The van der Waals surface area contributed by atoms with Crippen molar-refractivity contribution in [3.05, 3.63) is 11.8 Å². The first kappa shape index (κ1) is 14.3. The fourth-order valence-corrected chi connectivity index (χ4v) is 2.21. The molecule has 2 N–H and O–H groups in total. The smallest absolute Gasteiger partial charge is 0.400 e. The van der Waals surface area contributed by atoms with Crippen LogP contribution in [0.1, 0.15) is 5.56 Å². The van der Waals surface area contributed by atoms with E-state index in [4.69, 9.17) is 21.7 Å². The lowest BCUT2D eigenvalue weighted by Crippen LogP contribution is -2.20. The van der Waals surface area contributed by atoms with Gasteiger partial charge in [0.1, 0.15) is 11.0 Å². The Balaban J connectivity index is 3.64. The van der Waals surface area contributed by atoms with Crippen LogP contribution in [0.15, 0.2) is 11.1 Å². The van der Waals surface area contributed by atoms with E-state index in [0.717, 1.165) is 0 Å². The quantitative estimate of drug-likeness (QED) is 0.827. The van der Waals surface area contributed by atoms with Gasteiger partial charge in [-0.15, -0.1) is 13.2 Å². The Labute approximate surface area is 103 Å². The van der Waals surface area contributed by atoms with Gasteiger partial charge in [-0.2, -0.15) is 5.26 Å². The third-order valence-corrected chi connectivity index (χ3v) is 2.95. The molecule has 6 nitrogen and oxygen atoms in total. The molecule has 1 aromatic heterocycles. The van der Waals surface area contributed by atoms with Gasteiger partial charge in [0.05, 0.1) is 5.56 Å². The second-order valence-corrected chi connectivity index (χ2v) is 5.32. The van der Waals surface area contributed by atoms with E-state index in [1.54, 1.807) is 0 Å². The third kappa shape index (κ3) is 3.14. The van der Waals surface area contributed by atoms with Crippen LogP contribution >= 0.6 is 10.7 Å². The van der Waals surface area contributed by atoms with Crippen LogP contribution in [-0.4, -0.2) is 19.8 Å². The summed E-state index contributed by atoms with van der Waals surface area (Å²) in [5.41, 5.74) is 4.37. The number of hydrogen-bond donors (Lipinski definition) is 1. The lowest BCUT2D eigenvalue weighted by molar-refractivity contribution is -0.275. The molecular weight excluding hydrogens is 299 g/mol. The van der Waals surface area contributed by atoms with E-state index in [9.17, 15) is 21.6 Å². The average molecular weight is 302 g/mol. The van der Waals surface area contributed by atoms with Crippen molar-refractivity contribution in [2.45, 2.75) is 11.3 Å². The fourth-order valence-electron chi connectivity index (χ4n) is 1.03. The molecule has 0 atom stereocenters. The van der Waals surface area contributed by atoms with Crippen LogP contribution in [0.5, 0.6) is 5.75 Å². The van der Waals surface area contributed by atoms with Crippen molar-refractivity contribution in [1.29, 1.82) is 5.26 Å². The number of rotatable bonds is 2. The molecule has 0 spiro atoms. The van der Waals surface area contributed by atoms with E-state index < -0.39 is 37.4 Å². The Morgan fingerprint density at radius 3 is 2.44 bits per heavy atom. The number of ether oxygens (including phenoxy) is 1. The van der Waals surface area contributed by atoms with Crippen LogP contribution in [0.25, 0.3) is 0 Å². The minimum atomic E-state index is -5.21. The molecule has 0 bridgehead atoms. The first-order valence-corrected chi connectivity index (χ1v) is 6.26. The standard InChI is InChI=1S/C7H3ClF3N3O3S/c8-18(15,16)5-3(1-12)2-14-6(13)4(5)17-7(9,10)11/h2H,(H2,13,14). The number of nitrogens with two attached hydrogens (primary N) is 1. The molecular formula is C7H3ClF3N3O3S. The Bertz CT molecular complexity index is 623. The zero-order valence-electron chi connectivity index (χ0n) is 8.19. The normalized spacial score (nSPS) is 11.9. The summed E-state index contributed by atoms with van der Waals surface area (Å²) in [5, 5.41) is 8.60. The van der Waals surface area contributed by atoms with Crippen LogP contribution in [0, 0.1) is 11.3 Å². The van der Waals surface area contributed by atoms with Gasteiger partial charge in [-0.3, -0.25) is 0 Å². The van der Waals surface area contributed by atoms with E-state index in [1.165, 1.54) is 6.07 Å². The Morgan fingerprint density at radius 1 is 1.50 bits per heavy atom. The molecule has 1 aromatic rings. The van der Waals surface area contributed by atoms with Gasteiger partial charge in [-0.05, 0) is 0 Å². The lowest BCUT2D eigenvalue weighted by atomic mass is 10.3. The molecule has 98 valence electrons. The highest BCUT2D eigenvalue weighted by molar-refractivity contribution is 8.13. The number of nitrogen functional groups attached to an aromatic ring is 1. The Hall–Kier alpha value is -1.73. The molecule has 0 radical (unpaired) electrons. The predicted molar refractivity (Wildman–Crippen MR) is 53.1 cm³/mol. The summed E-state index contributed by atoms with van der Waals surface area (Å²) in [4.78, 5) is 2.05. The van der Waals surface area contributed by atoms with Gasteiger partial charge in [-0.1, -0.05) is 0 Å². The summed E-state index contributed by atoms with van der Waals surface area (Å²) in [7, 11) is 0.272. The molecule has 0 aliphatic rings. The van der Waals surface area contributed by atoms with Gasteiger partial charge in [-0.25, -0.2) is 13.4 Å². The molecule has 1 heterocycles. The Morgan fingerprint density at radius 2 is 2.06 bits per heavy atom. The van der Waals surface area contributed by atoms with Gasteiger partial charge in [0.15, 0.2) is 11.6 Å². The predicted octanol–water partition coefficient (Wildman–Crippen LogP) is 1.36. The first-order chi connectivity index (χ1) is 8.06. The summed E-state index contributed by atoms with van der Waals surface area (Å²) in [6, 6.07) is 1.33. The minimum Gasteiger partial charge on any atom is -0.400 e. The molecule has 0 aliphatic carbocycles. The summed E-state index contributed by atoms with van der Waals surface area (Å²) in [6.07, 6.45) is -4.53. The highest BCUT2D eigenvalue weighted by Gasteiger charge is 2.36. The van der Waals surface area contributed by atoms with E-state index >= 15 is 0 Å². The van der Waals surface area contributed by atoms with Gasteiger partial charge < -0.3 is 10.5 Å². The molecule has 0 amide bonds. The minimum absolute atomic E-state index is 0.674. The van der Waals surface area contributed by atoms with Crippen molar-refractivity contribution in [2.75, 3.05) is 5.73 Å². The molecule has 18 heavy (non-hydrogen) atoms. The number of alkyl halides is 3. The van der Waals surface area contributed by atoms with Crippen molar-refractivity contribution in [2.24, 2.45) is 0 Å². The monoisotopic (exact) mass is 301 g/mol. The van der Waals surface area contributed by atoms with Crippen LogP contribution in [-0.2, 0) is 9.05 Å². The number of aromatic nitrogens is 1. The number of halogens is 4. The van der Waals surface area contributed by atoms with Crippen molar-refractivity contribution >= 4 is 25.6 Å². The fraction of sp³-hybridized carbons (Fsp3) is 0.143. The van der Waals surface area contributed by atoms with Crippen molar-refractivity contribution in [1.82, 2.24) is 4.98 Å². The SMILES string of the molecule is N#Cc1cnc(N)c(OC(F)(F)F)c1S(=O)(=O)Cl. The van der Waals surface area contributed by atoms with Crippen molar-refractivity contribution in [3.63, 3.8) is 0 Å². The van der Waals surface area contributed by atoms with Gasteiger partial charge >= 0.3 is 6.36 Å². The maximum Gasteiger partial charge on any atom is 0.573 e. The molecule has 0 aliphatic heterocycles.